The maximum Gasteiger partial charge on any atom is 0.260 e. The van der Waals surface area contributed by atoms with E-state index in [4.69, 9.17) is 16.3 Å². The Kier molecular flexibility index (Phi) is 4.51. The van der Waals surface area contributed by atoms with Crippen LogP contribution in [0.1, 0.15) is 10.4 Å². The topological polar surface area (TPSA) is 64.1 Å². The molecule has 1 aromatic carbocycles. The normalized spacial score (nSPS) is 10.2. The van der Waals surface area contributed by atoms with E-state index < -0.39 is 11.7 Å². The van der Waals surface area contributed by atoms with Crippen molar-refractivity contribution in [2.45, 2.75) is 0 Å². The quantitative estimate of drug-likeness (QED) is 0.853. The second kappa shape index (κ2) is 6.15. The van der Waals surface area contributed by atoms with Crippen molar-refractivity contribution >= 4 is 39.4 Å². The summed E-state index contributed by atoms with van der Waals surface area (Å²) in [5, 5.41) is 2.45. The summed E-state index contributed by atoms with van der Waals surface area (Å²) < 4.78 is 19.1. The summed E-state index contributed by atoms with van der Waals surface area (Å²) in [6.07, 6.45) is 0. The van der Waals surface area contributed by atoms with E-state index in [0.29, 0.717) is 4.47 Å². The van der Waals surface area contributed by atoms with Gasteiger partial charge in [0.1, 0.15) is 11.0 Å². The van der Waals surface area contributed by atoms with Crippen LogP contribution in [0.3, 0.4) is 0 Å². The van der Waals surface area contributed by atoms with Crippen LogP contribution in [-0.2, 0) is 0 Å². The van der Waals surface area contributed by atoms with Gasteiger partial charge in [0, 0.05) is 10.5 Å². The molecule has 0 bridgehead atoms. The number of amides is 1. The molecule has 0 radical (unpaired) electrons. The predicted octanol–water partition coefficient (Wildman–Crippen LogP) is 3.29. The predicted molar refractivity (Wildman–Crippen MR) is 75.6 cm³/mol. The first kappa shape index (κ1) is 14.7. The number of methoxy groups -OCH3 is 1. The van der Waals surface area contributed by atoms with E-state index in [2.05, 4.69) is 31.2 Å². The number of carbonyl (C=O) groups excluding carboxylic acids is 1. The second-order valence-corrected chi connectivity index (χ2v) is 4.94. The van der Waals surface area contributed by atoms with E-state index in [9.17, 15) is 9.18 Å². The average molecular weight is 361 g/mol. The molecule has 0 aliphatic heterocycles. The van der Waals surface area contributed by atoms with Crippen molar-refractivity contribution in [3.8, 4) is 5.88 Å². The van der Waals surface area contributed by atoms with Crippen LogP contribution in [0.5, 0.6) is 5.88 Å². The highest BCUT2D eigenvalue weighted by atomic mass is 79.9. The molecule has 20 heavy (non-hydrogen) atoms. The molecule has 0 saturated carbocycles. The van der Waals surface area contributed by atoms with Gasteiger partial charge in [0.15, 0.2) is 0 Å². The monoisotopic (exact) mass is 359 g/mol. The molecule has 1 heterocycles. The SMILES string of the molecule is COc1cc(Cl)nc(NC(=O)c2ccc(Br)cc2F)n1. The van der Waals surface area contributed by atoms with Crippen molar-refractivity contribution in [2.75, 3.05) is 12.4 Å². The van der Waals surface area contributed by atoms with Crippen molar-refractivity contribution in [3.63, 3.8) is 0 Å². The summed E-state index contributed by atoms with van der Waals surface area (Å²) in [7, 11) is 1.40. The lowest BCUT2D eigenvalue weighted by atomic mass is 10.2. The molecule has 0 saturated heterocycles. The van der Waals surface area contributed by atoms with Gasteiger partial charge in [-0.2, -0.15) is 4.98 Å². The second-order valence-electron chi connectivity index (χ2n) is 3.63. The molecule has 1 N–H and O–H groups in total. The zero-order valence-corrected chi connectivity index (χ0v) is 12.5. The molecule has 2 rings (SSSR count). The third-order valence-corrected chi connectivity index (χ3v) is 2.97. The number of benzene rings is 1. The molecule has 0 unspecified atom stereocenters. The standard InChI is InChI=1S/C12H8BrClFN3O2/c1-20-10-5-9(14)16-12(17-10)18-11(19)7-3-2-6(13)4-8(7)15/h2-5H,1H3,(H,16,17,18,19). The zero-order valence-electron chi connectivity index (χ0n) is 10.2. The molecule has 1 amide bonds. The zero-order chi connectivity index (χ0) is 14.7. The molecule has 0 aliphatic rings. The molecule has 0 aliphatic carbocycles. The number of hydrogen-bond acceptors (Lipinski definition) is 4. The molecule has 2 aromatic rings. The minimum absolute atomic E-state index is 0.0679. The fourth-order valence-corrected chi connectivity index (χ4v) is 1.91. The summed E-state index contributed by atoms with van der Waals surface area (Å²) in [6.45, 7) is 0. The first-order valence-corrected chi connectivity index (χ1v) is 6.51. The van der Waals surface area contributed by atoms with Gasteiger partial charge in [-0.25, -0.2) is 9.37 Å². The number of nitrogens with zero attached hydrogens (tertiary/aromatic N) is 2. The Bertz CT molecular complexity index is 669. The van der Waals surface area contributed by atoms with E-state index >= 15 is 0 Å². The maximum absolute atomic E-state index is 13.6. The molecule has 8 heteroatoms. The van der Waals surface area contributed by atoms with Crippen LogP contribution in [0, 0.1) is 5.82 Å². The summed E-state index contributed by atoms with van der Waals surface area (Å²) in [4.78, 5) is 19.6. The summed E-state index contributed by atoms with van der Waals surface area (Å²) >= 11 is 8.86. The van der Waals surface area contributed by atoms with Crippen molar-refractivity contribution in [3.05, 3.63) is 45.3 Å². The Balaban J connectivity index is 2.25. The van der Waals surface area contributed by atoms with Crippen LogP contribution in [0.4, 0.5) is 10.3 Å². The van der Waals surface area contributed by atoms with Crippen molar-refractivity contribution in [1.29, 1.82) is 0 Å². The van der Waals surface area contributed by atoms with E-state index in [0.717, 1.165) is 0 Å². The summed E-state index contributed by atoms with van der Waals surface area (Å²) in [5.41, 5.74) is -0.129. The number of aromatic nitrogens is 2. The van der Waals surface area contributed by atoms with Gasteiger partial charge in [0.05, 0.1) is 12.7 Å². The van der Waals surface area contributed by atoms with Gasteiger partial charge in [0.2, 0.25) is 11.8 Å². The van der Waals surface area contributed by atoms with Gasteiger partial charge in [-0.05, 0) is 18.2 Å². The number of anilines is 1. The van der Waals surface area contributed by atoms with E-state index in [-0.39, 0.29) is 22.5 Å². The van der Waals surface area contributed by atoms with Gasteiger partial charge in [-0.3, -0.25) is 10.1 Å². The lowest BCUT2D eigenvalue weighted by molar-refractivity contribution is 0.102. The Morgan fingerprint density at radius 3 is 2.80 bits per heavy atom. The van der Waals surface area contributed by atoms with E-state index in [1.54, 1.807) is 6.07 Å². The Hall–Kier alpha value is -1.73. The van der Waals surface area contributed by atoms with Crippen molar-refractivity contribution in [1.82, 2.24) is 9.97 Å². The molecule has 104 valence electrons. The first-order valence-electron chi connectivity index (χ1n) is 5.34. The highest BCUT2D eigenvalue weighted by molar-refractivity contribution is 9.10. The Morgan fingerprint density at radius 1 is 1.40 bits per heavy atom. The highest BCUT2D eigenvalue weighted by Crippen LogP contribution is 2.18. The Morgan fingerprint density at radius 2 is 2.15 bits per heavy atom. The molecule has 1 aromatic heterocycles. The number of carbonyl (C=O) groups is 1. The van der Waals surface area contributed by atoms with E-state index in [1.807, 2.05) is 0 Å². The van der Waals surface area contributed by atoms with Gasteiger partial charge in [-0.1, -0.05) is 27.5 Å². The number of ether oxygens (including phenoxy) is 1. The van der Waals surface area contributed by atoms with Crippen molar-refractivity contribution in [2.24, 2.45) is 0 Å². The lowest BCUT2D eigenvalue weighted by Gasteiger charge is -2.06. The summed E-state index contributed by atoms with van der Waals surface area (Å²) in [6, 6.07) is 5.47. The average Bonchev–Trinajstić information content (AvgIpc) is 2.37. The lowest BCUT2D eigenvalue weighted by Crippen LogP contribution is -2.16. The van der Waals surface area contributed by atoms with Gasteiger partial charge < -0.3 is 4.74 Å². The molecule has 0 spiro atoms. The maximum atomic E-state index is 13.6. The number of hydrogen-bond donors (Lipinski definition) is 1. The van der Waals surface area contributed by atoms with Crippen LogP contribution < -0.4 is 10.1 Å². The van der Waals surface area contributed by atoms with Crippen LogP contribution in [0.2, 0.25) is 5.15 Å². The number of nitrogens with one attached hydrogen (secondary N) is 1. The third-order valence-electron chi connectivity index (χ3n) is 2.28. The molecular weight excluding hydrogens is 353 g/mol. The highest BCUT2D eigenvalue weighted by Gasteiger charge is 2.14. The van der Waals surface area contributed by atoms with Crippen LogP contribution in [-0.4, -0.2) is 23.0 Å². The first-order chi connectivity index (χ1) is 9.49. The van der Waals surface area contributed by atoms with Gasteiger partial charge >= 0.3 is 0 Å². The fraction of sp³-hybridized carbons (Fsp3) is 0.0833. The summed E-state index contributed by atoms with van der Waals surface area (Å²) in [5.74, 6) is -1.22. The smallest absolute Gasteiger partial charge is 0.260 e. The largest absolute Gasteiger partial charge is 0.481 e. The molecule has 5 nitrogen and oxygen atoms in total. The molecule has 0 fully saturated rings. The Labute approximate surface area is 127 Å². The van der Waals surface area contributed by atoms with Crippen LogP contribution in [0.25, 0.3) is 0 Å². The fourth-order valence-electron chi connectivity index (χ4n) is 1.40. The van der Waals surface area contributed by atoms with Crippen LogP contribution in [0.15, 0.2) is 28.7 Å². The molecular formula is C12H8BrClFN3O2. The third kappa shape index (κ3) is 3.43. The van der Waals surface area contributed by atoms with Crippen molar-refractivity contribution < 1.29 is 13.9 Å². The number of halogens is 3. The molecule has 0 atom stereocenters. The number of rotatable bonds is 3. The van der Waals surface area contributed by atoms with Gasteiger partial charge in [0.25, 0.3) is 5.91 Å². The van der Waals surface area contributed by atoms with Gasteiger partial charge in [-0.15, -0.1) is 0 Å². The minimum Gasteiger partial charge on any atom is -0.481 e. The van der Waals surface area contributed by atoms with E-state index in [1.165, 1.54) is 25.3 Å². The minimum atomic E-state index is -0.681. The van der Waals surface area contributed by atoms with Crippen LogP contribution >= 0.6 is 27.5 Å².